The average Bonchev–Trinajstić information content (AvgIpc) is 3.25. The van der Waals surface area contributed by atoms with Crippen LogP contribution in [0.2, 0.25) is 0 Å². The van der Waals surface area contributed by atoms with Crippen LogP contribution in [0.15, 0.2) is 97.1 Å². The molecule has 0 heterocycles. The highest BCUT2D eigenvalue weighted by atomic mass is 19.4. The van der Waals surface area contributed by atoms with Gasteiger partial charge in [-0.15, -0.1) is 0 Å². The zero-order valence-electron chi connectivity index (χ0n) is 35.2. The van der Waals surface area contributed by atoms with Crippen LogP contribution in [0.3, 0.4) is 0 Å². The van der Waals surface area contributed by atoms with Crippen molar-refractivity contribution in [2.24, 2.45) is 5.92 Å². The lowest BCUT2D eigenvalue weighted by Crippen LogP contribution is -2.52. The first-order valence-corrected chi connectivity index (χ1v) is 19.5. The number of ether oxygens (including phenoxy) is 3. The largest absolute Gasteiger partial charge is 0.480 e. The molecule has 0 radical (unpaired) electrons. The molecule has 368 valence electrons. The number of halogens is 12. The number of carbonyl (C=O) groups is 6. The number of hydrogen-bond donors (Lipinski definition) is 3. The van der Waals surface area contributed by atoms with Gasteiger partial charge >= 0.3 is 48.7 Å². The number of ketones is 1. The molecule has 4 rings (SSSR count). The third-order valence-electron chi connectivity index (χ3n) is 8.91. The van der Waals surface area contributed by atoms with Crippen molar-refractivity contribution >= 4 is 35.7 Å². The van der Waals surface area contributed by atoms with Gasteiger partial charge in [-0.05, 0) is 47.7 Å². The molecular formula is C44H38F12N2O10. The first-order chi connectivity index (χ1) is 31.5. The Balaban J connectivity index is 0.000000370. The Morgan fingerprint density at radius 1 is 0.515 bits per heavy atom. The SMILES string of the molecule is CC(C)C[C@H](NC(=O)OCc1ccccc1)C(=O)N[C@@H](Cc1ccccc1)C(=O)O.O=C(COC(=O)c1c(C(F)(F)F)cccc1C(F)(F)F)COC(=O)c1c(C(F)(F)F)cccc1C(F)(F)F. The summed E-state index contributed by atoms with van der Waals surface area (Å²) >= 11 is 0. The molecule has 0 saturated carbocycles. The van der Waals surface area contributed by atoms with Gasteiger partial charge in [-0.2, -0.15) is 52.7 Å². The minimum absolute atomic E-state index is 0.0778. The summed E-state index contributed by atoms with van der Waals surface area (Å²) < 4.78 is 171. The number of esters is 2. The molecule has 68 heavy (non-hydrogen) atoms. The molecule has 0 aromatic heterocycles. The minimum Gasteiger partial charge on any atom is -0.480 e. The highest BCUT2D eigenvalue weighted by Crippen LogP contribution is 2.41. The number of benzene rings is 4. The van der Waals surface area contributed by atoms with Gasteiger partial charge in [0.15, 0.2) is 13.2 Å². The number of nitrogens with one attached hydrogen (secondary N) is 2. The first kappa shape index (κ1) is 55.2. The molecule has 0 unspecified atom stereocenters. The summed E-state index contributed by atoms with van der Waals surface area (Å²) in [5.74, 6) is -7.76. The number of rotatable bonds is 16. The molecular weight excluding hydrogens is 944 g/mol. The third-order valence-corrected chi connectivity index (χ3v) is 8.91. The van der Waals surface area contributed by atoms with E-state index in [0.717, 1.165) is 11.1 Å². The number of aliphatic carboxylic acids is 1. The molecule has 0 bridgehead atoms. The molecule has 0 aliphatic carbocycles. The van der Waals surface area contributed by atoms with Gasteiger partial charge < -0.3 is 30.0 Å². The van der Waals surface area contributed by atoms with Crippen LogP contribution in [-0.2, 0) is 66.3 Å². The molecule has 4 aromatic carbocycles. The topological polar surface area (TPSA) is 174 Å². The number of carboxylic acids is 1. The number of carbonyl (C=O) groups excluding carboxylic acids is 5. The second-order valence-corrected chi connectivity index (χ2v) is 14.6. The van der Waals surface area contributed by atoms with Crippen LogP contribution in [-0.4, -0.2) is 66.1 Å². The monoisotopic (exact) mass is 982 g/mol. The molecule has 0 aliphatic heterocycles. The van der Waals surface area contributed by atoms with Gasteiger partial charge in [0, 0.05) is 6.42 Å². The number of amides is 2. The summed E-state index contributed by atoms with van der Waals surface area (Å²) in [6, 6.07) is 17.4. The highest BCUT2D eigenvalue weighted by molar-refractivity contribution is 5.97. The van der Waals surface area contributed by atoms with Crippen LogP contribution < -0.4 is 10.6 Å². The second kappa shape index (κ2) is 23.5. The van der Waals surface area contributed by atoms with Gasteiger partial charge in [-0.1, -0.05) is 86.6 Å². The standard InChI is InChI=1S/C23H28N2O5.C21H10F12O5/c1-16(2)13-19(25-23(29)30-15-18-11-7-4-8-12-18)21(26)24-20(22(27)28)14-17-9-5-3-6-10-17;22-18(23,24)10-3-1-4-11(19(25,26)27)14(10)16(35)37-7-9(34)8-38-17(36)15-12(20(28,29)30)5-2-6-13(15)21(31,32)33/h3-12,16,19-20H,13-15H2,1-2H3,(H,24,26)(H,25,29)(H,27,28);1-6H,7-8H2/t19-,20-;/m0./s1. The van der Waals surface area contributed by atoms with E-state index in [0.29, 0.717) is 18.6 Å². The van der Waals surface area contributed by atoms with Crippen LogP contribution in [0.25, 0.3) is 0 Å². The van der Waals surface area contributed by atoms with Crippen molar-refractivity contribution in [3.63, 3.8) is 0 Å². The molecule has 0 aliphatic rings. The van der Waals surface area contributed by atoms with Crippen LogP contribution in [0.1, 0.15) is 74.4 Å². The lowest BCUT2D eigenvalue weighted by Gasteiger charge is -2.22. The zero-order valence-corrected chi connectivity index (χ0v) is 35.2. The van der Waals surface area contributed by atoms with E-state index < -0.39 is 119 Å². The number of carboxylic acid groups (broad SMARTS) is 1. The molecule has 2 atom stereocenters. The van der Waals surface area contributed by atoms with Crippen LogP contribution >= 0.6 is 0 Å². The number of alkyl carbamates (subject to hydrolysis) is 1. The van der Waals surface area contributed by atoms with Crippen molar-refractivity contribution in [1.82, 2.24) is 10.6 Å². The van der Waals surface area contributed by atoms with Crippen molar-refractivity contribution < 1.29 is 101 Å². The van der Waals surface area contributed by atoms with Crippen molar-refractivity contribution in [2.45, 2.75) is 70.1 Å². The lowest BCUT2D eigenvalue weighted by atomic mass is 10.00. The smallest absolute Gasteiger partial charge is 0.417 e. The number of alkyl halides is 12. The molecule has 3 N–H and O–H groups in total. The fourth-order valence-electron chi connectivity index (χ4n) is 5.90. The van der Waals surface area contributed by atoms with Gasteiger partial charge in [0.05, 0.1) is 33.4 Å². The first-order valence-electron chi connectivity index (χ1n) is 19.5. The van der Waals surface area contributed by atoms with Crippen LogP contribution in [0.4, 0.5) is 57.5 Å². The maximum Gasteiger partial charge on any atom is 0.417 e. The second-order valence-electron chi connectivity index (χ2n) is 14.6. The Hall–Kier alpha value is -7.14. The Morgan fingerprint density at radius 3 is 1.25 bits per heavy atom. The molecule has 24 heteroatoms. The maximum atomic E-state index is 13.1. The van der Waals surface area contributed by atoms with Crippen LogP contribution in [0.5, 0.6) is 0 Å². The summed E-state index contributed by atoms with van der Waals surface area (Å²) in [6.45, 7) is 0.603. The van der Waals surface area contributed by atoms with Gasteiger partial charge in [-0.3, -0.25) is 9.59 Å². The summed E-state index contributed by atoms with van der Waals surface area (Å²) in [6.07, 6.45) is -22.1. The van der Waals surface area contributed by atoms with Gasteiger partial charge in [-0.25, -0.2) is 19.2 Å². The third kappa shape index (κ3) is 16.9. The Morgan fingerprint density at radius 2 is 0.897 bits per heavy atom. The summed E-state index contributed by atoms with van der Waals surface area (Å²) in [5, 5.41) is 14.6. The Kier molecular flexibility index (Phi) is 19.1. The highest BCUT2D eigenvalue weighted by Gasteiger charge is 2.45. The predicted molar refractivity (Wildman–Crippen MR) is 211 cm³/mol. The van der Waals surface area contributed by atoms with E-state index in [4.69, 9.17) is 4.74 Å². The fourth-order valence-corrected chi connectivity index (χ4v) is 5.90. The summed E-state index contributed by atoms with van der Waals surface area (Å²) in [7, 11) is 0. The van der Waals surface area contributed by atoms with E-state index in [-0.39, 0.29) is 43.2 Å². The van der Waals surface area contributed by atoms with E-state index in [1.54, 1.807) is 12.1 Å². The quantitative estimate of drug-likeness (QED) is 0.0558. The molecule has 0 saturated heterocycles. The molecule has 0 fully saturated rings. The van der Waals surface area contributed by atoms with Crippen molar-refractivity contribution in [3.05, 3.63) is 142 Å². The van der Waals surface area contributed by atoms with Crippen molar-refractivity contribution in [1.29, 1.82) is 0 Å². The predicted octanol–water partition coefficient (Wildman–Crippen LogP) is 9.48. The van der Waals surface area contributed by atoms with E-state index in [9.17, 15) is 86.6 Å². The molecule has 12 nitrogen and oxygen atoms in total. The fraction of sp³-hybridized carbons (Fsp3) is 0.318. The van der Waals surface area contributed by atoms with Gasteiger partial charge in [0.2, 0.25) is 11.7 Å². The zero-order chi connectivity index (χ0) is 51.2. The van der Waals surface area contributed by atoms with E-state index in [1.165, 1.54) is 0 Å². The molecule has 0 spiro atoms. The summed E-state index contributed by atoms with van der Waals surface area (Å²) in [5.41, 5.74) is -10.7. The average molecular weight is 983 g/mol. The van der Waals surface area contributed by atoms with Crippen molar-refractivity contribution in [2.75, 3.05) is 13.2 Å². The van der Waals surface area contributed by atoms with E-state index in [2.05, 4.69) is 20.1 Å². The maximum absolute atomic E-state index is 13.1. The minimum atomic E-state index is -5.47. The Bertz CT molecular complexity index is 2230. The van der Waals surface area contributed by atoms with E-state index >= 15 is 0 Å². The van der Waals surface area contributed by atoms with Gasteiger partial charge in [0.25, 0.3) is 0 Å². The van der Waals surface area contributed by atoms with Crippen LogP contribution in [0, 0.1) is 5.92 Å². The molecule has 2 amide bonds. The van der Waals surface area contributed by atoms with Gasteiger partial charge in [0.1, 0.15) is 18.7 Å². The lowest BCUT2D eigenvalue weighted by molar-refractivity contribution is -0.145. The molecule has 4 aromatic rings. The van der Waals surface area contributed by atoms with Crippen molar-refractivity contribution in [3.8, 4) is 0 Å². The number of Topliss-reactive ketones (excluding diaryl/α,β-unsaturated/α-hetero) is 1. The number of hydrogen-bond acceptors (Lipinski definition) is 9. The van der Waals surface area contributed by atoms with E-state index in [1.807, 2.05) is 62.4 Å². The summed E-state index contributed by atoms with van der Waals surface area (Å²) in [4.78, 5) is 72.4. The Labute approximate surface area is 377 Å². The normalized spacial score (nSPS) is 12.7.